The number of aryl methyl sites for hydroxylation is 1. The van der Waals surface area contributed by atoms with Gasteiger partial charge in [0, 0.05) is 37.0 Å². The van der Waals surface area contributed by atoms with Crippen LogP contribution in [-0.2, 0) is 0 Å². The Labute approximate surface area is 103 Å². The van der Waals surface area contributed by atoms with Crippen LogP contribution in [0.5, 0.6) is 0 Å². The maximum atomic E-state index is 2.53. The maximum absolute atomic E-state index is 2.53. The first-order chi connectivity index (χ1) is 7.74. The summed E-state index contributed by atoms with van der Waals surface area (Å²) >= 11 is 1.94. The van der Waals surface area contributed by atoms with Crippen LogP contribution in [-0.4, -0.2) is 48.9 Å². The number of hydrogen-bond donors (Lipinski definition) is 0. The molecule has 1 heterocycles. The van der Waals surface area contributed by atoms with Crippen LogP contribution in [0.3, 0.4) is 0 Å². The third-order valence-electron chi connectivity index (χ3n) is 3.03. The van der Waals surface area contributed by atoms with Crippen molar-refractivity contribution >= 4 is 11.8 Å². The summed E-state index contributed by atoms with van der Waals surface area (Å²) in [6.45, 7) is 6.95. The van der Waals surface area contributed by atoms with Crippen LogP contribution in [0.1, 0.15) is 5.56 Å². The van der Waals surface area contributed by atoms with Crippen LogP contribution < -0.4 is 0 Å². The van der Waals surface area contributed by atoms with Crippen LogP contribution in [0, 0.1) is 6.92 Å². The fourth-order valence-electron chi connectivity index (χ4n) is 1.78. The van der Waals surface area contributed by atoms with E-state index in [0.717, 1.165) is 5.88 Å². The van der Waals surface area contributed by atoms with E-state index >= 15 is 0 Å². The fourth-order valence-corrected chi connectivity index (χ4v) is 2.70. The zero-order valence-corrected chi connectivity index (χ0v) is 11.0. The number of rotatable bonds is 3. The average molecular weight is 236 g/mol. The lowest BCUT2D eigenvalue weighted by Crippen LogP contribution is -2.44. The van der Waals surface area contributed by atoms with E-state index in [1.165, 1.54) is 36.6 Å². The Hall–Kier alpha value is -0.510. The minimum atomic E-state index is 1.12. The number of piperazine rings is 1. The molecule has 1 saturated heterocycles. The lowest BCUT2D eigenvalue weighted by molar-refractivity contribution is 0.175. The first-order valence-electron chi connectivity index (χ1n) is 5.84. The van der Waals surface area contributed by atoms with E-state index in [2.05, 4.69) is 48.0 Å². The largest absolute Gasteiger partial charge is 0.304 e. The van der Waals surface area contributed by atoms with Gasteiger partial charge in [-0.3, -0.25) is 4.90 Å². The van der Waals surface area contributed by atoms with Gasteiger partial charge < -0.3 is 4.90 Å². The summed E-state index contributed by atoms with van der Waals surface area (Å²) in [5.41, 5.74) is 1.34. The van der Waals surface area contributed by atoms with Gasteiger partial charge >= 0.3 is 0 Å². The van der Waals surface area contributed by atoms with Crippen molar-refractivity contribution in [1.29, 1.82) is 0 Å². The van der Waals surface area contributed by atoms with Crippen molar-refractivity contribution in [3.8, 4) is 0 Å². The molecular formula is C13H20N2S. The molecular weight excluding hydrogens is 216 g/mol. The van der Waals surface area contributed by atoms with Gasteiger partial charge in [-0.15, -0.1) is 11.8 Å². The fraction of sp³-hybridized carbons (Fsp3) is 0.538. The van der Waals surface area contributed by atoms with Crippen LogP contribution in [0.2, 0.25) is 0 Å². The van der Waals surface area contributed by atoms with Crippen molar-refractivity contribution in [2.75, 3.05) is 39.1 Å². The smallest absolute Gasteiger partial charge is 0.0492 e. The van der Waals surface area contributed by atoms with Crippen molar-refractivity contribution in [2.45, 2.75) is 11.8 Å². The molecule has 0 atom stereocenters. The molecule has 0 radical (unpaired) electrons. The first-order valence-corrected chi connectivity index (χ1v) is 6.83. The summed E-state index contributed by atoms with van der Waals surface area (Å²) in [6, 6.07) is 8.81. The van der Waals surface area contributed by atoms with Crippen LogP contribution >= 0.6 is 11.8 Å². The highest BCUT2D eigenvalue weighted by atomic mass is 32.2. The summed E-state index contributed by atoms with van der Waals surface area (Å²) in [7, 11) is 2.20. The van der Waals surface area contributed by atoms with E-state index < -0.39 is 0 Å². The zero-order chi connectivity index (χ0) is 11.4. The SMILES string of the molecule is Cc1ccc(SCN2CCN(C)CC2)cc1. The van der Waals surface area contributed by atoms with E-state index in [1.54, 1.807) is 0 Å². The molecule has 1 fully saturated rings. The monoisotopic (exact) mass is 236 g/mol. The topological polar surface area (TPSA) is 6.48 Å². The third kappa shape index (κ3) is 3.51. The van der Waals surface area contributed by atoms with Crippen LogP contribution in [0.25, 0.3) is 0 Å². The predicted octanol–water partition coefficient (Wildman–Crippen LogP) is 2.29. The standard InChI is InChI=1S/C13H20N2S/c1-12-3-5-13(6-4-12)16-11-15-9-7-14(2)8-10-15/h3-6H,7-11H2,1-2H3. The molecule has 0 bridgehead atoms. The van der Waals surface area contributed by atoms with E-state index in [9.17, 15) is 0 Å². The highest BCUT2D eigenvalue weighted by Gasteiger charge is 2.13. The normalized spacial score (nSPS) is 18.9. The number of hydrogen-bond acceptors (Lipinski definition) is 3. The molecule has 1 aromatic carbocycles. The number of likely N-dealkylation sites (N-methyl/N-ethyl adjacent to an activating group) is 1. The Balaban J connectivity index is 1.77. The molecule has 0 spiro atoms. The summed E-state index contributed by atoms with van der Waals surface area (Å²) in [5.74, 6) is 1.12. The van der Waals surface area contributed by atoms with Crippen molar-refractivity contribution in [1.82, 2.24) is 9.80 Å². The first kappa shape index (κ1) is 12.0. The second-order valence-corrected chi connectivity index (χ2v) is 5.53. The number of thioether (sulfide) groups is 1. The minimum Gasteiger partial charge on any atom is -0.304 e. The van der Waals surface area contributed by atoms with Gasteiger partial charge in [-0.05, 0) is 26.1 Å². The van der Waals surface area contributed by atoms with E-state index in [1.807, 2.05) is 11.8 Å². The highest BCUT2D eigenvalue weighted by Crippen LogP contribution is 2.19. The van der Waals surface area contributed by atoms with Gasteiger partial charge in [-0.25, -0.2) is 0 Å². The van der Waals surface area contributed by atoms with E-state index in [4.69, 9.17) is 0 Å². The van der Waals surface area contributed by atoms with Crippen molar-refractivity contribution in [3.05, 3.63) is 29.8 Å². The van der Waals surface area contributed by atoms with E-state index in [-0.39, 0.29) is 0 Å². The van der Waals surface area contributed by atoms with Crippen LogP contribution in [0.4, 0.5) is 0 Å². The molecule has 1 aromatic rings. The molecule has 0 N–H and O–H groups in total. The molecule has 0 unspecified atom stereocenters. The van der Waals surface area contributed by atoms with Gasteiger partial charge in [0.2, 0.25) is 0 Å². The van der Waals surface area contributed by atoms with Gasteiger partial charge in [-0.1, -0.05) is 17.7 Å². The van der Waals surface area contributed by atoms with Gasteiger partial charge in [0.25, 0.3) is 0 Å². The number of benzene rings is 1. The Bertz CT molecular complexity index is 315. The van der Waals surface area contributed by atoms with Crippen molar-refractivity contribution < 1.29 is 0 Å². The molecule has 0 saturated carbocycles. The highest BCUT2D eigenvalue weighted by molar-refractivity contribution is 7.99. The lowest BCUT2D eigenvalue weighted by atomic mass is 10.2. The molecule has 0 aromatic heterocycles. The Morgan fingerprint density at radius 3 is 2.31 bits per heavy atom. The zero-order valence-electron chi connectivity index (χ0n) is 10.1. The molecule has 3 heteroatoms. The molecule has 88 valence electrons. The second-order valence-electron chi connectivity index (χ2n) is 4.51. The number of nitrogens with zero attached hydrogens (tertiary/aromatic N) is 2. The molecule has 0 aliphatic carbocycles. The third-order valence-corrected chi connectivity index (χ3v) is 4.13. The van der Waals surface area contributed by atoms with Crippen molar-refractivity contribution in [3.63, 3.8) is 0 Å². The Morgan fingerprint density at radius 2 is 1.69 bits per heavy atom. The molecule has 1 aliphatic heterocycles. The predicted molar refractivity (Wildman–Crippen MR) is 71.0 cm³/mol. The van der Waals surface area contributed by atoms with Gasteiger partial charge in [0.1, 0.15) is 0 Å². The minimum absolute atomic E-state index is 1.12. The van der Waals surface area contributed by atoms with Gasteiger partial charge in [0.15, 0.2) is 0 Å². The van der Waals surface area contributed by atoms with E-state index in [0.29, 0.717) is 0 Å². The second kappa shape index (κ2) is 5.71. The van der Waals surface area contributed by atoms with Crippen molar-refractivity contribution in [2.24, 2.45) is 0 Å². The lowest BCUT2D eigenvalue weighted by Gasteiger charge is -2.31. The summed E-state index contributed by atoms with van der Waals surface area (Å²) in [6.07, 6.45) is 0. The van der Waals surface area contributed by atoms with Gasteiger partial charge in [0.05, 0.1) is 0 Å². The summed E-state index contributed by atoms with van der Waals surface area (Å²) in [4.78, 5) is 6.31. The van der Waals surface area contributed by atoms with Gasteiger partial charge in [-0.2, -0.15) is 0 Å². The summed E-state index contributed by atoms with van der Waals surface area (Å²) < 4.78 is 0. The molecule has 2 rings (SSSR count). The average Bonchev–Trinajstić information content (AvgIpc) is 2.30. The maximum Gasteiger partial charge on any atom is 0.0492 e. The Kier molecular flexibility index (Phi) is 4.27. The molecule has 0 amide bonds. The Morgan fingerprint density at radius 1 is 1.06 bits per heavy atom. The molecule has 16 heavy (non-hydrogen) atoms. The summed E-state index contributed by atoms with van der Waals surface area (Å²) in [5, 5.41) is 0. The quantitative estimate of drug-likeness (QED) is 0.744. The van der Waals surface area contributed by atoms with Crippen LogP contribution in [0.15, 0.2) is 29.2 Å². The molecule has 2 nitrogen and oxygen atoms in total. The molecule has 1 aliphatic rings.